The normalized spacial score (nSPS) is 13.8. The molecule has 2 nitrogen and oxygen atoms in total. The molecule has 0 aliphatic carbocycles. The van der Waals surface area contributed by atoms with Gasteiger partial charge in [0.15, 0.2) is 0 Å². The number of nitrogens with two attached hydrogens (primary N) is 1. The molecule has 0 heterocycles. The number of aryl methyl sites for hydroxylation is 1. The molecule has 0 amide bonds. The predicted octanol–water partition coefficient (Wildman–Crippen LogP) is 4.64. The first-order valence-corrected chi connectivity index (χ1v) is 7.33. The molecule has 0 aliphatic heterocycles. The maximum atomic E-state index is 13.1. The van der Waals surface area contributed by atoms with Gasteiger partial charge in [0.25, 0.3) is 0 Å². The monoisotopic (exact) mass is 307 g/mol. The van der Waals surface area contributed by atoms with Gasteiger partial charge in [-0.1, -0.05) is 42.8 Å². The van der Waals surface area contributed by atoms with Crippen LogP contribution in [0, 0.1) is 12.7 Å². The Labute approximate surface area is 129 Å². The molecule has 0 spiro atoms. The number of ether oxygens (including phenoxy) is 1. The summed E-state index contributed by atoms with van der Waals surface area (Å²) < 4.78 is 19.1. The minimum absolute atomic E-state index is 0.174. The smallest absolute Gasteiger partial charge is 0.139 e. The average molecular weight is 308 g/mol. The van der Waals surface area contributed by atoms with Gasteiger partial charge in [-0.3, -0.25) is 0 Å². The van der Waals surface area contributed by atoms with Crippen molar-refractivity contribution in [3.63, 3.8) is 0 Å². The van der Waals surface area contributed by atoms with Crippen molar-refractivity contribution in [2.45, 2.75) is 32.4 Å². The van der Waals surface area contributed by atoms with E-state index in [4.69, 9.17) is 22.1 Å². The molecule has 2 unspecified atom stereocenters. The molecular weight excluding hydrogens is 289 g/mol. The van der Waals surface area contributed by atoms with E-state index >= 15 is 0 Å². The van der Waals surface area contributed by atoms with Crippen LogP contribution in [-0.2, 0) is 0 Å². The highest BCUT2D eigenvalue weighted by atomic mass is 35.5. The first-order chi connectivity index (χ1) is 10.0. The highest BCUT2D eigenvalue weighted by Crippen LogP contribution is 2.32. The van der Waals surface area contributed by atoms with Crippen LogP contribution in [0.25, 0.3) is 0 Å². The maximum Gasteiger partial charge on any atom is 0.139 e. The number of halogens is 2. The molecule has 2 aromatic rings. The van der Waals surface area contributed by atoms with Gasteiger partial charge < -0.3 is 10.5 Å². The van der Waals surface area contributed by atoms with Gasteiger partial charge in [-0.25, -0.2) is 4.39 Å². The highest BCUT2D eigenvalue weighted by Gasteiger charge is 2.23. The third kappa shape index (κ3) is 3.74. The van der Waals surface area contributed by atoms with E-state index in [1.807, 2.05) is 38.1 Å². The third-order valence-corrected chi connectivity index (χ3v) is 3.80. The zero-order valence-corrected chi connectivity index (χ0v) is 12.9. The van der Waals surface area contributed by atoms with Gasteiger partial charge in [-0.15, -0.1) is 0 Å². The van der Waals surface area contributed by atoms with Crippen molar-refractivity contribution in [1.29, 1.82) is 0 Å². The van der Waals surface area contributed by atoms with Crippen molar-refractivity contribution in [1.82, 2.24) is 0 Å². The largest absolute Gasteiger partial charge is 0.483 e. The van der Waals surface area contributed by atoms with Crippen LogP contribution < -0.4 is 10.5 Å². The van der Waals surface area contributed by atoms with Crippen molar-refractivity contribution in [2.75, 3.05) is 0 Å². The summed E-state index contributed by atoms with van der Waals surface area (Å²) in [6.07, 6.45) is 0.441. The van der Waals surface area contributed by atoms with Crippen LogP contribution in [0.5, 0.6) is 5.75 Å². The van der Waals surface area contributed by atoms with Crippen LogP contribution in [0.1, 0.15) is 30.6 Å². The lowest BCUT2D eigenvalue weighted by atomic mass is 9.97. The van der Waals surface area contributed by atoms with Gasteiger partial charge in [0.05, 0.1) is 5.02 Å². The van der Waals surface area contributed by atoms with E-state index in [0.29, 0.717) is 5.75 Å². The van der Waals surface area contributed by atoms with Gasteiger partial charge in [-0.05, 0) is 42.7 Å². The Morgan fingerprint density at radius 2 is 1.95 bits per heavy atom. The van der Waals surface area contributed by atoms with Gasteiger partial charge in [0, 0.05) is 6.04 Å². The lowest BCUT2D eigenvalue weighted by Crippen LogP contribution is -2.32. The molecular formula is C17H19ClFNO. The topological polar surface area (TPSA) is 35.2 Å². The molecule has 0 saturated heterocycles. The Bertz CT molecular complexity index is 617. The quantitative estimate of drug-likeness (QED) is 0.873. The van der Waals surface area contributed by atoms with Crippen LogP contribution in [0.3, 0.4) is 0 Å². The second kappa shape index (κ2) is 6.92. The van der Waals surface area contributed by atoms with Crippen LogP contribution in [0.15, 0.2) is 42.5 Å². The molecule has 0 fully saturated rings. The Kier molecular flexibility index (Phi) is 5.21. The fourth-order valence-corrected chi connectivity index (χ4v) is 2.42. The molecule has 2 N–H and O–H groups in total. The van der Waals surface area contributed by atoms with Crippen molar-refractivity contribution < 1.29 is 9.13 Å². The molecule has 0 saturated carbocycles. The summed E-state index contributed by atoms with van der Waals surface area (Å²) in [5, 5.41) is 0.247. The minimum Gasteiger partial charge on any atom is -0.483 e. The number of hydrogen-bond acceptors (Lipinski definition) is 2. The SMILES string of the molecule is CCC(N)C(Oc1ccc(F)cc1Cl)c1ccccc1C. The zero-order chi connectivity index (χ0) is 15.4. The summed E-state index contributed by atoms with van der Waals surface area (Å²) in [5.74, 6) is 0.0507. The van der Waals surface area contributed by atoms with Crippen molar-refractivity contribution in [3.05, 3.63) is 64.4 Å². The van der Waals surface area contributed by atoms with Gasteiger partial charge in [0.1, 0.15) is 17.7 Å². The van der Waals surface area contributed by atoms with E-state index in [2.05, 4.69) is 0 Å². The molecule has 4 heteroatoms. The van der Waals surface area contributed by atoms with Crippen molar-refractivity contribution >= 4 is 11.6 Å². The molecule has 0 aliphatic rings. The molecule has 0 aromatic heterocycles. The number of benzene rings is 2. The van der Waals surface area contributed by atoms with E-state index < -0.39 is 0 Å². The van der Waals surface area contributed by atoms with E-state index in [0.717, 1.165) is 17.5 Å². The van der Waals surface area contributed by atoms with Crippen molar-refractivity contribution in [3.8, 4) is 5.75 Å². The van der Waals surface area contributed by atoms with Crippen LogP contribution in [-0.4, -0.2) is 6.04 Å². The zero-order valence-electron chi connectivity index (χ0n) is 12.1. The average Bonchev–Trinajstić information content (AvgIpc) is 2.47. The number of hydrogen-bond donors (Lipinski definition) is 1. The van der Waals surface area contributed by atoms with Gasteiger partial charge in [-0.2, -0.15) is 0 Å². The van der Waals surface area contributed by atoms with Gasteiger partial charge in [0.2, 0.25) is 0 Å². The first-order valence-electron chi connectivity index (χ1n) is 6.95. The second-order valence-electron chi connectivity index (χ2n) is 5.04. The summed E-state index contributed by atoms with van der Waals surface area (Å²) in [7, 11) is 0. The summed E-state index contributed by atoms with van der Waals surface area (Å²) in [5.41, 5.74) is 8.33. The molecule has 0 radical (unpaired) electrons. The Morgan fingerprint density at radius 3 is 2.57 bits per heavy atom. The summed E-state index contributed by atoms with van der Waals surface area (Å²) in [6, 6.07) is 11.9. The minimum atomic E-state index is -0.389. The lowest BCUT2D eigenvalue weighted by Gasteiger charge is -2.26. The van der Waals surface area contributed by atoms with Gasteiger partial charge >= 0.3 is 0 Å². The van der Waals surface area contributed by atoms with E-state index in [9.17, 15) is 4.39 Å². The Hall–Kier alpha value is -1.58. The molecule has 112 valence electrons. The molecule has 2 aromatic carbocycles. The Balaban J connectivity index is 2.35. The molecule has 21 heavy (non-hydrogen) atoms. The first kappa shape index (κ1) is 15.8. The summed E-state index contributed by atoms with van der Waals surface area (Å²) in [4.78, 5) is 0. The number of rotatable bonds is 5. The second-order valence-corrected chi connectivity index (χ2v) is 5.45. The third-order valence-electron chi connectivity index (χ3n) is 3.50. The maximum absolute atomic E-state index is 13.1. The fraction of sp³-hybridized carbons (Fsp3) is 0.294. The van der Waals surface area contributed by atoms with Crippen LogP contribution in [0.2, 0.25) is 5.02 Å². The Morgan fingerprint density at radius 1 is 1.24 bits per heavy atom. The molecule has 2 rings (SSSR count). The predicted molar refractivity (Wildman–Crippen MR) is 84.2 cm³/mol. The molecule has 0 bridgehead atoms. The van der Waals surface area contributed by atoms with E-state index in [-0.39, 0.29) is 23.0 Å². The highest BCUT2D eigenvalue weighted by molar-refractivity contribution is 6.32. The van der Waals surface area contributed by atoms with E-state index in [1.165, 1.54) is 18.2 Å². The lowest BCUT2D eigenvalue weighted by molar-refractivity contribution is 0.170. The fourth-order valence-electron chi connectivity index (χ4n) is 2.21. The summed E-state index contributed by atoms with van der Waals surface area (Å²) in [6.45, 7) is 4.02. The van der Waals surface area contributed by atoms with Crippen molar-refractivity contribution in [2.24, 2.45) is 5.73 Å². The summed E-state index contributed by atoms with van der Waals surface area (Å²) >= 11 is 6.04. The van der Waals surface area contributed by atoms with E-state index in [1.54, 1.807) is 0 Å². The van der Waals surface area contributed by atoms with Crippen LogP contribution in [0.4, 0.5) is 4.39 Å². The van der Waals surface area contributed by atoms with Crippen LogP contribution >= 0.6 is 11.6 Å². The molecule has 2 atom stereocenters. The standard InChI is InChI=1S/C17H19ClFNO/c1-3-15(20)17(13-7-5-4-6-11(13)2)21-16-9-8-12(19)10-14(16)18/h4-10,15,17H,3,20H2,1-2H3.